The minimum Gasteiger partial charge on any atom is -0.462 e. The van der Waals surface area contributed by atoms with E-state index in [2.05, 4.69) is 26.0 Å². The highest BCUT2D eigenvalue weighted by molar-refractivity contribution is 5.81. The number of carbonyl (C=O) groups is 1. The fourth-order valence-electron chi connectivity index (χ4n) is 3.65. The average Bonchev–Trinajstić information content (AvgIpc) is 2.64. The van der Waals surface area contributed by atoms with Gasteiger partial charge in [0, 0.05) is 0 Å². The zero-order valence-corrected chi connectivity index (χ0v) is 15.7. The zero-order chi connectivity index (χ0) is 17.8. The van der Waals surface area contributed by atoms with E-state index in [1.165, 1.54) is 0 Å². The molecule has 24 heavy (non-hydrogen) atoms. The van der Waals surface area contributed by atoms with Crippen LogP contribution in [-0.2, 0) is 14.4 Å². The van der Waals surface area contributed by atoms with Gasteiger partial charge < -0.3 is 4.74 Å². The first-order valence-electron chi connectivity index (χ1n) is 9.19. The van der Waals surface area contributed by atoms with Crippen LogP contribution in [0.3, 0.4) is 0 Å². The molecule has 0 radical (unpaired) electrons. The van der Waals surface area contributed by atoms with Gasteiger partial charge in [-0.1, -0.05) is 58.0 Å². The molecule has 0 bridgehead atoms. The van der Waals surface area contributed by atoms with Crippen LogP contribution in [-0.4, -0.2) is 28.7 Å². The first kappa shape index (κ1) is 18.9. The molecule has 0 aromatic heterocycles. The van der Waals surface area contributed by atoms with E-state index in [1.807, 2.05) is 44.0 Å². The third-order valence-electron chi connectivity index (χ3n) is 5.69. The van der Waals surface area contributed by atoms with Gasteiger partial charge in [0.25, 0.3) is 0 Å². The number of carbonyl (C=O) groups excluding carboxylic acids is 1. The van der Waals surface area contributed by atoms with Crippen molar-refractivity contribution < 1.29 is 14.4 Å². The first-order chi connectivity index (χ1) is 11.5. The van der Waals surface area contributed by atoms with Crippen LogP contribution in [0.5, 0.6) is 0 Å². The van der Waals surface area contributed by atoms with Crippen LogP contribution in [0.2, 0.25) is 0 Å². The largest absolute Gasteiger partial charge is 0.462 e. The number of rotatable bonds is 7. The predicted molar refractivity (Wildman–Crippen MR) is 95.4 cm³/mol. The quantitative estimate of drug-likeness (QED) is 0.681. The smallest absolute Gasteiger partial charge is 0.328 e. The van der Waals surface area contributed by atoms with Crippen molar-refractivity contribution >= 4 is 5.97 Å². The van der Waals surface area contributed by atoms with E-state index in [0.717, 1.165) is 18.4 Å². The van der Waals surface area contributed by atoms with Crippen LogP contribution in [0.15, 0.2) is 30.3 Å². The summed E-state index contributed by atoms with van der Waals surface area (Å²) in [4.78, 5) is 19.2. The number of hydrogen-bond acceptors (Lipinski definition) is 4. The molecule has 0 saturated carbocycles. The Bertz CT molecular complexity index is 535. The lowest BCUT2D eigenvalue weighted by atomic mass is 9.82. The van der Waals surface area contributed by atoms with Gasteiger partial charge in [0.2, 0.25) is 0 Å². The van der Waals surface area contributed by atoms with E-state index in [4.69, 9.17) is 9.57 Å². The van der Waals surface area contributed by atoms with Gasteiger partial charge in [0.15, 0.2) is 0 Å². The number of ether oxygens (including phenoxy) is 1. The number of cyclic esters (lactones) is 1. The molecule has 2 rings (SSSR count). The lowest BCUT2D eigenvalue weighted by Gasteiger charge is -2.54. The summed E-state index contributed by atoms with van der Waals surface area (Å²) in [6.07, 6.45) is 2.98. The number of hydroxylamine groups is 2. The normalized spacial score (nSPS) is 21.3. The Kier molecular flexibility index (Phi) is 6.05. The Hall–Kier alpha value is -1.39. The van der Waals surface area contributed by atoms with Crippen molar-refractivity contribution in [3.8, 4) is 0 Å². The van der Waals surface area contributed by atoms with E-state index in [1.54, 1.807) is 0 Å². The molecule has 0 aliphatic carbocycles. The standard InChI is InChI=1S/C20H31NO3/c1-6-19(7-2)15-23-18(22)20(8-3,9-4)21(19)24-16(5)17-13-11-10-12-14-17/h10-14,16H,6-9,15H2,1-5H3. The minimum absolute atomic E-state index is 0.118. The average molecular weight is 333 g/mol. The fourth-order valence-corrected chi connectivity index (χ4v) is 3.65. The molecule has 1 unspecified atom stereocenters. The summed E-state index contributed by atoms with van der Waals surface area (Å²) in [7, 11) is 0. The Balaban J connectivity index is 2.41. The number of nitrogens with zero attached hydrogens (tertiary/aromatic N) is 1. The van der Waals surface area contributed by atoms with Crippen molar-refractivity contribution in [3.63, 3.8) is 0 Å². The summed E-state index contributed by atoms with van der Waals surface area (Å²) < 4.78 is 5.63. The van der Waals surface area contributed by atoms with Crippen molar-refractivity contribution in [2.45, 2.75) is 77.5 Å². The molecule has 0 amide bonds. The van der Waals surface area contributed by atoms with Crippen LogP contribution in [0.25, 0.3) is 0 Å². The molecular formula is C20H31NO3. The van der Waals surface area contributed by atoms with Gasteiger partial charge in [-0.2, -0.15) is 5.06 Å². The van der Waals surface area contributed by atoms with E-state index in [-0.39, 0.29) is 17.6 Å². The molecule has 134 valence electrons. The number of esters is 1. The summed E-state index contributed by atoms with van der Waals surface area (Å²) >= 11 is 0. The molecule has 1 aliphatic rings. The second-order valence-corrected chi connectivity index (χ2v) is 6.70. The van der Waals surface area contributed by atoms with Gasteiger partial charge in [0.1, 0.15) is 18.2 Å². The molecule has 1 aromatic rings. The highest BCUT2D eigenvalue weighted by Gasteiger charge is 2.56. The molecule has 1 atom stereocenters. The van der Waals surface area contributed by atoms with E-state index >= 15 is 0 Å². The molecule has 0 N–H and O–H groups in total. The fraction of sp³-hybridized carbons (Fsp3) is 0.650. The molecular weight excluding hydrogens is 302 g/mol. The molecule has 1 fully saturated rings. The molecule has 1 heterocycles. The molecule has 1 aliphatic heterocycles. The summed E-state index contributed by atoms with van der Waals surface area (Å²) in [5.74, 6) is -0.162. The third kappa shape index (κ3) is 3.09. The Morgan fingerprint density at radius 1 is 1.08 bits per heavy atom. The highest BCUT2D eigenvalue weighted by atomic mass is 16.7. The second kappa shape index (κ2) is 7.66. The van der Waals surface area contributed by atoms with Crippen molar-refractivity contribution in [3.05, 3.63) is 35.9 Å². The van der Waals surface area contributed by atoms with Crippen LogP contribution in [0.4, 0.5) is 0 Å². The van der Waals surface area contributed by atoms with Crippen LogP contribution in [0.1, 0.15) is 72.0 Å². The third-order valence-corrected chi connectivity index (χ3v) is 5.69. The number of hydrogen-bond donors (Lipinski definition) is 0. The van der Waals surface area contributed by atoms with Crippen LogP contribution >= 0.6 is 0 Å². The van der Waals surface area contributed by atoms with Gasteiger partial charge in [-0.25, -0.2) is 4.79 Å². The summed E-state index contributed by atoms with van der Waals surface area (Å²) in [6, 6.07) is 10.1. The topological polar surface area (TPSA) is 38.8 Å². The van der Waals surface area contributed by atoms with Gasteiger partial charge >= 0.3 is 5.97 Å². The minimum atomic E-state index is -0.715. The summed E-state index contributed by atoms with van der Waals surface area (Å²) in [6.45, 7) is 10.8. The lowest BCUT2D eigenvalue weighted by Crippen LogP contribution is -2.69. The monoisotopic (exact) mass is 333 g/mol. The van der Waals surface area contributed by atoms with Crippen molar-refractivity contribution in [2.75, 3.05) is 6.61 Å². The maximum atomic E-state index is 12.7. The van der Waals surface area contributed by atoms with Crippen molar-refractivity contribution in [1.29, 1.82) is 0 Å². The van der Waals surface area contributed by atoms with E-state index in [0.29, 0.717) is 19.4 Å². The zero-order valence-electron chi connectivity index (χ0n) is 15.7. The Morgan fingerprint density at radius 2 is 1.67 bits per heavy atom. The molecule has 1 aromatic carbocycles. The second-order valence-electron chi connectivity index (χ2n) is 6.70. The van der Waals surface area contributed by atoms with E-state index < -0.39 is 5.54 Å². The number of morpholine rings is 1. The lowest BCUT2D eigenvalue weighted by molar-refractivity contribution is -0.328. The van der Waals surface area contributed by atoms with Crippen molar-refractivity contribution in [2.24, 2.45) is 0 Å². The predicted octanol–water partition coefficient (Wildman–Crippen LogP) is 4.66. The maximum Gasteiger partial charge on any atom is 0.328 e. The van der Waals surface area contributed by atoms with Crippen LogP contribution in [0, 0.1) is 0 Å². The Labute approximate surface area is 146 Å². The number of benzene rings is 1. The van der Waals surface area contributed by atoms with E-state index in [9.17, 15) is 4.79 Å². The molecule has 1 saturated heterocycles. The van der Waals surface area contributed by atoms with Gasteiger partial charge in [-0.15, -0.1) is 0 Å². The maximum absolute atomic E-state index is 12.7. The van der Waals surface area contributed by atoms with Gasteiger partial charge in [-0.3, -0.25) is 4.84 Å². The van der Waals surface area contributed by atoms with Crippen LogP contribution < -0.4 is 0 Å². The van der Waals surface area contributed by atoms with Gasteiger partial charge in [-0.05, 0) is 38.2 Å². The molecule has 4 nitrogen and oxygen atoms in total. The molecule has 4 heteroatoms. The SMILES string of the molecule is CCC1(CC)COC(=O)C(CC)(CC)N1OC(C)c1ccccc1. The molecule has 0 spiro atoms. The highest BCUT2D eigenvalue weighted by Crippen LogP contribution is 2.42. The van der Waals surface area contributed by atoms with Gasteiger partial charge in [0.05, 0.1) is 5.54 Å². The first-order valence-corrected chi connectivity index (χ1v) is 9.19. The summed E-state index contributed by atoms with van der Waals surface area (Å²) in [5, 5.41) is 2.00. The summed E-state index contributed by atoms with van der Waals surface area (Å²) in [5.41, 5.74) is 0.120. The van der Waals surface area contributed by atoms with Crippen molar-refractivity contribution in [1.82, 2.24) is 5.06 Å². The Morgan fingerprint density at radius 3 is 2.17 bits per heavy atom.